The van der Waals surface area contributed by atoms with Gasteiger partial charge < -0.3 is 14.4 Å². The van der Waals surface area contributed by atoms with Crippen LogP contribution in [0.2, 0.25) is 5.02 Å². The molecule has 2 aromatic carbocycles. The van der Waals surface area contributed by atoms with Crippen molar-refractivity contribution in [2.24, 2.45) is 0 Å². The fourth-order valence-corrected chi connectivity index (χ4v) is 2.59. The van der Waals surface area contributed by atoms with E-state index in [1.807, 2.05) is 42.5 Å². The molecule has 0 saturated heterocycles. The number of hydrogen-bond acceptors (Lipinski definition) is 4. The molecule has 0 saturated carbocycles. The Morgan fingerprint density at radius 2 is 1.78 bits per heavy atom. The molecular weight excluding hydrogens is 364 g/mol. The number of likely N-dealkylation sites (N-methyl/N-ethyl adjacent to an activating group) is 1. The smallest absolute Gasteiger partial charge is 0.259 e. The number of aromatic nitrogens is 1. The summed E-state index contributed by atoms with van der Waals surface area (Å²) in [6.45, 7) is 0.713. The first-order valence-corrected chi connectivity index (χ1v) is 8.83. The molecule has 6 heteroatoms. The number of para-hydroxylation sites is 2. The van der Waals surface area contributed by atoms with E-state index in [1.54, 1.807) is 42.4 Å². The van der Waals surface area contributed by atoms with Gasteiger partial charge in [0.1, 0.15) is 23.7 Å². The molecule has 0 radical (unpaired) electrons. The monoisotopic (exact) mass is 382 g/mol. The molecule has 1 heterocycles. The van der Waals surface area contributed by atoms with E-state index in [-0.39, 0.29) is 11.8 Å². The molecular formula is C21H19ClN2O3. The second-order valence-electron chi connectivity index (χ2n) is 5.78. The molecule has 0 bridgehead atoms. The molecule has 0 aliphatic rings. The number of hydrogen-bond donors (Lipinski definition) is 0. The highest BCUT2D eigenvalue weighted by Crippen LogP contribution is 2.24. The van der Waals surface area contributed by atoms with Crippen LogP contribution in [0.5, 0.6) is 17.4 Å². The molecule has 1 aromatic heterocycles. The van der Waals surface area contributed by atoms with E-state index in [1.165, 1.54) is 0 Å². The average Bonchev–Trinajstić information content (AvgIpc) is 2.70. The molecule has 0 aliphatic carbocycles. The molecule has 3 rings (SSSR count). The van der Waals surface area contributed by atoms with Crippen LogP contribution in [0.15, 0.2) is 72.9 Å². The Morgan fingerprint density at radius 3 is 2.56 bits per heavy atom. The van der Waals surface area contributed by atoms with Gasteiger partial charge in [0.2, 0.25) is 5.88 Å². The molecule has 5 nitrogen and oxygen atoms in total. The normalized spacial score (nSPS) is 10.3. The summed E-state index contributed by atoms with van der Waals surface area (Å²) < 4.78 is 11.4. The topological polar surface area (TPSA) is 51.7 Å². The SMILES string of the molecule is CN(CCOc1ccccc1Cl)C(=O)c1cccnc1Oc1ccccc1. The predicted molar refractivity (Wildman–Crippen MR) is 105 cm³/mol. The minimum absolute atomic E-state index is 0.197. The van der Waals surface area contributed by atoms with Crippen molar-refractivity contribution in [3.63, 3.8) is 0 Å². The summed E-state index contributed by atoms with van der Waals surface area (Å²) >= 11 is 6.07. The number of pyridine rings is 1. The minimum Gasteiger partial charge on any atom is -0.490 e. The van der Waals surface area contributed by atoms with Crippen LogP contribution in [-0.4, -0.2) is 36.0 Å². The molecule has 0 unspecified atom stereocenters. The quantitative estimate of drug-likeness (QED) is 0.595. The molecule has 3 aromatic rings. The van der Waals surface area contributed by atoms with Crippen molar-refractivity contribution in [3.8, 4) is 17.4 Å². The van der Waals surface area contributed by atoms with Crippen molar-refractivity contribution in [2.75, 3.05) is 20.2 Å². The van der Waals surface area contributed by atoms with Crippen LogP contribution in [0.25, 0.3) is 0 Å². The third-order valence-electron chi connectivity index (χ3n) is 3.83. The van der Waals surface area contributed by atoms with Gasteiger partial charge in [0.05, 0.1) is 11.6 Å². The van der Waals surface area contributed by atoms with Crippen LogP contribution in [0.4, 0.5) is 0 Å². The van der Waals surface area contributed by atoms with Gasteiger partial charge in [-0.05, 0) is 36.4 Å². The summed E-state index contributed by atoms with van der Waals surface area (Å²) in [6, 6.07) is 19.9. The van der Waals surface area contributed by atoms with Crippen molar-refractivity contribution in [3.05, 3.63) is 83.5 Å². The van der Waals surface area contributed by atoms with E-state index in [0.29, 0.717) is 35.2 Å². The molecule has 0 fully saturated rings. The van der Waals surface area contributed by atoms with Gasteiger partial charge in [-0.3, -0.25) is 4.79 Å². The van der Waals surface area contributed by atoms with Gasteiger partial charge >= 0.3 is 0 Å². The van der Waals surface area contributed by atoms with Gasteiger partial charge in [0, 0.05) is 13.2 Å². The number of benzene rings is 2. The van der Waals surface area contributed by atoms with Gasteiger partial charge in [-0.1, -0.05) is 41.9 Å². The van der Waals surface area contributed by atoms with E-state index < -0.39 is 0 Å². The fourth-order valence-electron chi connectivity index (χ4n) is 2.40. The first kappa shape index (κ1) is 18.7. The second kappa shape index (κ2) is 9.05. The largest absolute Gasteiger partial charge is 0.490 e. The zero-order chi connectivity index (χ0) is 19.1. The Kier molecular flexibility index (Phi) is 6.28. The summed E-state index contributed by atoms with van der Waals surface area (Å²) in [5.74, 6) is 1.29. The Morgan fingerprint density at radius 1 is 1.04 bits per heavy atom. The first-order valence-electron chi connectivity index (χ1n) is 8.46. The Balaban J connectivity index is 1.64. The summed E-state index contributed by atoms with van der Waals surface area (Å²) in [7, 11) is 1.71. The first-order chi connectivity index (χ1) is 13.1. The maximum atomic E-state index is 12.8. The number of halogens is 1. The van der Waals surface area contributed by atoms with Crippen molar-refractivity contribution in [1.82, 2.24) is 9.88 Å². The van der Waals surface area contributed by atoms with Gasteiger partial charge in [-0.15, -0.1) is 0 Å². The number of rotatable bonds is 7. The highest BCUT2D eigenvalue weighted by molar-refractivity contribution is 6.32. The lowest BCUT2D eigenvalue weighted by Crippen LogP contribution is -2.31. The third-order valence-corrected chi connectivity index (χ3v) is 4.14. The van der Waals surface area contributed by atoms with E-state index in [4.69, 9.17) is 21.1 Å². The summed E-state index contributed by atoms with van der Waals surface area (Å²) in [5.41, 5.74) is 0.390. The van der Waals surface area contributed by atoms with Crippen LogP contribution < -0.4 is 9.47 Å². The average molecular weight is 383 g/mol. The van der Waals surface area contributed by atoms with Gasteiger partial charge in [0.15, 0.2) is 0 Å². The van der Waals surface area contributed by atoms with Crippen LogP contribution in [0.1, 0.15) is 10.4 Å². The van der Waals surface area contributed by atoms with Gasteiger partial charge in [-0.2, -0.15) is 0 Å². The van der Waals surface area contributed by atoms with Crippen molar-refractivity contribution in [1.29, 1.82) is 0 Å². The van der Waals surface area contributed by atoms with Crippen LogP contribution in [-0.2, 0) is 0 Å². The van der Waals surface area contributed by atoms with Crippen molar-refractivity contribution in [2.45, 2.75) is 0 Å². The lowest BCUT2D eigenvalue weighted by molar-refractivity contribution is 0.0770. The Bertz CT molecular complexity index is 903. The van der Waals surface area contributed by atoms with E-state index in [9.17, 15) is 4.79 Å². The number of nitrogens with zero attached hydrogens (tertiary/aromatic N) is 2. The zero-order valence-corrected chi connectivity index (χ0v) is 15.6. The maximum Gasteiger partial charge on any atom is 0.259 e. The maximum absolute atomic E-state index is 12.8. The molecule has 1 amide bonds. The Hall–Kier alpha value is -3.05. The van der Waals surface area contributed by atoms with Gasteiger partial charge in [-0.25, -0.2) is 4.98 Å². The number of carbonyl (C=O) groups is 1. The standard InChI is InChI=1S/C21H19ClN2O3/c1-24(14-15-26-19-12-6-5-11-18(19)22)21(25)17-10-7-13-23-20(17)27-16-8-3-2-4-9-16/h2-13H,14-15H2,1H3. The summed E-state index contributed by atoms with van der Waals surface area (Å²) in [6.07, 6.45) is 1.59. The lowest BCUT2D eigenvalue weighted by atomic mass is 10.2. The molecule has 0 N–H and O–H groups in total. The van der Waals surface area contributed by atoms with E-state index in [2.05, 4.69) is 4.98 Å². The van der Waals surface area contributed by atoms with Crippen LogP contribution in [0.3, 0.4) is 0 Å². The van der Waals surface area contributed by atoms with E-state index >= 15 is 0 Å². The van der Waals surface area contributed by atoms with Crippen molar-refractivity contribution >= 4 is 17.5 Å². The fraction of sp³-hybridized carbons (Fsp3) is 0.143. The van der Waals surface area contributed by atoms with Gasteiger partial charge in [0.25, 0.3) is 5.91 Å². The second-order valence-corrected chi connectivity index (χ2v) is 6.18. The van der Waals surface area contributed by atoms with E-state index in [0.717, 1.165) is 0 Å². The predicted octanol–water partition coefficient (Wildman–Crippen LogP) is 4.68. The number of amides is 1. The molecule has 0 atom stereocenters. The molecule has 27 heavy (non-hydrogen) atoms. The molecule has 138 valence electrons. The summed E-state index contributed by atoms with van der Waals surface area (Å²) in [5, 5.41) is 0.539. The minimum atomic E-state index is -0.197. The third kappa shape index (κ3) is 4.99. The van der Waals surface area contributed by atoms with Crippen molar-refractivity contribution < 1.29 is 14.3 Å². The summed E-state index contributed by atoms with van der Waals surface area (Å²) in [4.78, 5) is 18.5. The van der Waals surface area contributed by atoms with Crippen LogP contribution >= 0.6 is 11.6 Å². The molecule has 0 aliphatic heterocycles. The highest BCUT2D eigenvalue weighted by atomic mass is 35.5. The highest BCUT2D eigenvalue weighted by Gasteiger charge is 2.18. The zero-order valence-electron chi connectivity index (χ0n) is 14.8. The number of ether oxygens (including phenoxy) is 2. The molecule has 0 spiro atoms. The van der Waals surface area contributed by atoms with Crippen LogP contribution in [0, 0.1) is 0 Å². The lowest BCUT2D eigenvalue weighted by Gasteiger charge is -2.19. The Labute approximate surface area is 163 Å². The number of carbonyl (C=O) groups excluding carboxylic acids is 1.